The summed E-state index contributed by atoms with van der Waals surface area (Å²) in [5, 5.41) is 3.05. The number of nitrogens with zero attached hydrogens (tertiary/aromatic N) is 2. The molecule has 31 heavy (non-hydrogen) atoms. The third-order valence-corrected chi connectivity index (χ3v) is 4.98. The Kier molecular flexibility index (Phi) is 6.03. The Morgan fingerprint density at radius 3 is 1.68 bits per heavy atom. The molecule has 0 fully saturated rings. The minimum Gasteiger partial charge on any atom is -0.424 e. The number of carbonyl (C=O) groups is 1. The Morgan fingerprint density at radius 2 is 1.19 bits per heavy atom. The van der Waals surface area contributed by atoms with Gasteiger partial charge in [-0.15, -0.1) is 0 Å². The lowest BCUT2D eigenvalue weighted by atomic mass is 9.90. The highest BCUT2D eigenvalue weighted by atomic mass is 16.5. The van der Waals surface area contributed by atoms with Crippen LogP contribution in [0.3, 0.4) is 0 Å². The van der Waals surface area contributed by atoms with Gasteiger partial charge in [0.15, 0.2) is 0 Å². The molecule has 5 heteroatoms. The van der Waals surface area contributed by atoms with Crippen molar-refractivity contribution >= 4 is 11.6 Å². The number of para-hydroxylation sites is 1. The molecule has 0 aliphatic rings. The number of amides is 1. The standard InChI is InChI=1S/C26H23N3O2/c1-18-24(19(2)28-26(27-18)31-22-16-10-5-11-17-22)29-25(30)23(20-12-6-3-7-13-20)21-14-8-4-9-15-21/h3-17,23H,1-2H3,(H,29,30). The summed E-state index contributed by atoms with van der Waals surface area (Å²) in [5.41, 5.74) is 3.73. The highest BCUT2D eigenvalue weighted by Gasteiger charge is 2.24. The average molecular weight is 409 g/mol. The van der Waals surface area contributed by atoms with E-state index < -0.39 is 5.92 Å². The highest BCUT2D eigenvalue weighted by Crippen LogP contribution is 2.28. The molecule has 5 nitrogen and oxygen atoms in total. The van der Waals surface area contributed by atoms with E-state index in [0.717, 1.165) is 11.1 Å². The van der Waals surface area contributed by atoms with Gasteiger partial charge >= 0.3 is 6.01 Å². The number of anilines is 1. The van der Waals surface area contributed by atoms with Crippen molar-refractivity contribution in [1.29, 1.82) is 0 Å². The first-order chi connectivity index (χ1) is 15.1. The number of carbonyl (C=O) groups excluding carboxylic acids is 1. The Labute approximate surface area is 181 Å². The Morgan fingerprint density at radius 1 is 0.742 bits per heavy atom. The predicted octanol–water partition coefficient (Wildman–Crippen LogP) is 5.66. The van der Waals surface area contributed by atoms with Gasteiger partial charge in [-0.25, -0.2) is 0 Å². The number of aromatic nitrogens is 2. The number of benzene rings is 3. The van der Waals surface area contributed by atoms with Crippen LogP contribution in [-0.2, 0) is 4.79 Å². The van der Waals surface area contributed by atoms with Crippen LogP contribution >= 0.6 is 0 Å². The maximum Gasteiger partial charge on any atom is 0.322 e. The molecule has 0 saturated carbocycles. The van der Waals surface area contributed by atoms with Gasteiger partial charge in [-0.3, -0.25) is 4.79 Å². The molecule has 1 aromatic heterocycles. The second-order valence-corrected chi connectivity index (χ2v) is 7.21. The number of nitrogens with one attached hydrogen (secondary N) is 1. The summed E-state index contributed by atoms with van der Waals surface area (Å²) in [5.74, 6) is 0.0803. The molecule has 1 heterocycles. The fourth-order valence-electron chi connectivity index (χ4n) is 3.49. The first-order valence-electron chi connectivity index (χ1n) is 10.1. The van der Waals surface area contributed by atoms with Crippen molar-refractivity contribution in [2.75, 3.05) is 5.32 Å². The maximum atomic E-state index is 13.4. The minimum atomic E-state index is -0.443. The highest BCUT2D eigenvalue weighted by molar-refractivity contribution is 5.98. The molecule has 0 unspecified atom stereocenters. The van der Waals surface area contributed by atoms with Crippen molar-refractivity contribution in [3.05, 3.63) is 114 Å². The van der Waals surface area contributed by atoms with Crippen LogP contribution in [0.25, 0.3) is 0 Å². The molecule has 4 rings (SSSR count). The molecule has 3 aromatic carbocycles. The summed E-state index contributed by atoms with van der Waals surface area (Å²) in [6.07, 6.45) is 0. The van der Waals surface area contributed by atoms with Gasteiger partial charge in [-0.1, -0.05) is 78.9 Å². The van der Waals surface area contributed by atoms with Crippen molar-refractivity contribution in [2.24, 2.45) is 0 Å². The molecule has 154 valence electrons. The molecule has 0 radical (unpaired) electrons. The fraction of sp³-hybridized carbons (Fsp3) is 0.115. The topological polar surface area (TPSA) is 64.1 Å². The van der Waals surface area contributed by atoms with Crippen LogP contribution in [0.1, 0.15) is 28.4 Å². The lowest BCUT2D eigenvalue weighted by Crippen LogP contribution is -2.23. The van der Waals surface area contributed by atoms with E-state index in [0.29, 0.717) is 22.8 Å². The zero-order chi connectivity index (χ0) is 21.6. The summed E-state index contributed by atoms with van der Waals surface area (Å²) in [6.45, 7) is 3.67. The molecule has 0 spiro atoms. The van der Waals surface area contributed by atoms with E-state index in [1.165, 1.54) is 0 Å². The second kappa shape index (κ2) is 9.22. The van der Waals surface area contributed by atoms with Crippen LogP contribution in [0.5, 0.6) is 11.8 Å². The largest absolute Gasteiger partial charge is 0.424 e. The minimum absolute atomic E-state index is 0.135. The van der Waals surface area contributed by atoms with Gasteiger partial charge in [-0.05, 0) is 37.1 Å². The molecule has 1 N–H and O–H groups in total. The molecule has 1 amide bonds. The third kappa shape index (κ3) is 4.78. The summed E-state index contributed by atoms with van der Waals surface area (Å²) in [6, 6.07) is 29.1. The summed E-state index contributed by atoms with van der Waals surface area (Å²) in [7, 11) is 0. The van der Waals surface area contributed by atoms with Gasteiger partial charge in [-0.2, -0.15) is 9.97 Å². The van der Waals surface area contributed by atoms with Crippen molar-refractivity contribution in [3.63, 3.8) is 0 Å². The van der Waals surface area contributed by atoms with Crippen LogP contribution in [0.4, 0.5) is 5.69 Å². The third-order valence-electron chi connectivity index (χ3n) is 4.98. The smallest absolute Gasteiger partial charge is 0.322 e. The lowest BCUT2D eigenvalue weighted by molar-refractivity contribution is -0.116. The molecule has 0 aliphatic carbocycles. The number of aryl methyl sites for hydroxylation is 2. The maximum absolute atomic E-state index is 13.4. The van der Waals surface area contributed by atoms with E-state index in [1.54, 1.807) is 0 Å². The first kappa shape index (κ1) is 20.3. The molecular weight excluding hydrogens is 386 g/mol. The Hall–Kier alpha value is -3.99. The Bertz CT molecular complexity index is 1100. The van der Waals surface area contributed by atoms with E-state index >= 15 is 0 Å². The fourth-order valence-corrected chi connectivity index (χ4v) is 3.49. The van der Waals surface area contributed by atoms with Crippen LogP contribution in [-0.4, -0.2) is 15.9 Å². The zero-order valence-electron chi connectivity index (χ0n) is 17.4. The monoisotopic (exact) mass is 409 g/mol. The quantitative estimate of drug-likeness (QED) is 0.446. The van der Waals surface area contributed by atoms with E-state index in [1.807, 2.05) is 105 Å². The van der Waals surface area contributed by atoms with Crippen LogP contribution in [0.2, 0.25) is 0 Å². The molecule has 0 aliphatic heterocycles. The normalized spacial score (nSPS) is 10.7. The van der Waals surface area contributed by atoms with Crippen molar-refractivity contribution < 1.29 is 9.53 Å². The SMILES string of the molecule is Cc1nc(Oc2ccccc2)nc(C)c1NC(=O)C(c1ccccc1)c1ccccc1. The predicted molar refractivity (Wildman–Crippen MR) is 121 cm³/mol. The number of hydrogen-bond acceptors (Lipinski definition) is 4. The van der Waals surface area contributed by atoms with E-state index in [-0.39, 0.29) is 11.9 Å². The van der Waals surface area contributed by atoms with Gasteiger partial charge in [0.05, 0.1) is 23.0 Å². The average Bonchev–Trinajstić information content (AvgIpc) is 2.79. The van der Waals surface area contributed by atoms with Crippen LogP contribution < -0.4 is 10.1 Å². The van der Waals surface area contributed by atoms with Crippen molar-refractivity contribution in [3.8, 4) is 11.8 Å². The molecular formula is C26H23N3O2. The van der Waals surface area contributed by atoms with Crippen LogP contribution in [0.15, 0.2) is 91.0 Å². The zero-order valence-corrected chi connectivity index (χ0v) is 17.4. The number of hydrogen-bond donors (Lipinski definition) is 1. The van der Waals surface area contributed by atoms with Crippen molar-refractivity contribution in [2.45, 2.75) is 19.8 Å². The van der Waals surface area contributed by atoms with Crippen molar-refractivity contribution in [1.82, 2.24) is 9.97 Å². The molecule has 4 aromatic rings. The first-order valence-corrected chi connectivity index (χ1v) is 10.1. The lowest BCUT2D eigenvalue weighted by Gasteiger charge is -2.19. The number of rotatable bonds is 6. The van der Waals surface area contributed by atoms with Gasteiger partial charge in [0.25, 0.3) is 0 Å². The molecule has 0 saturated heterocycles. The second-order valence-electron chi connectivity index (χ2n) is 7.21. The van der Waals surface area contributed by atoms with E-state index in [9.17, 15) is 4.79 Å². The Balaban J connectivity index is 1.62. The van der Waals surface area contributed by atoms with Gasteiger partial charge in [0.1, 0.15) is 5.75 Å². The number of ether oxygens (including phenoxy) is 1. The van der Waals surface area contributed by atoms with Gasteiger partial charge in [0.2, 0.25) is 5.91 Å². The molecule has 0 atom stereocenters. The van der Waals surface area contributed by atoms with Crippen LogP contribution in [0, 0.1) is 13.8 Å². The van der Waals surface area contributed by atoms with E-state index in [2.05, 4.69) is 15.3 Å². The van der Waals surface area contributed by atoms with Gasteiger partial charge < -0.3 is 10.1 Å². The molecule has 0 bridgehead atoms. The summed E-state index contributed by atoms with van der Waals surface area (Å²) >= 11 is 0. The van der Waals surface area contributed by atoms with Gasteiger partial charge in [0, 0.05) is 0 Å². The summed E-state index contributed by atoms with van der Waals surface area (Å²) < 4.78 is 5.75. The van der Waals surface area contributed by atoms with E-state index in [4.69, 9.17) is 4.74 Å². The summed E-state index contributed by atoms with van der Waals surface area (Å²) in [4.78, 5) is 22.3.